The van der Waals surface area contributed by atoms with Crippen LogP contribution in [0, 0.1) is 0 Å². The lowest BCUT2D eigenvalue weighted by Crippen LogP contribution is -2.43. The summed E-state index contributed by atoms with van der Waals surface area (Å²) in [6.07, 6.45) is 1.50. The van der Waals surface area contributed by atoms with E-state index >= 15 is 0 Å². The molecule has 0 spiro atoms. The van der Waals surface area contributed by atoms with Gasteiger partial charge in [-0.15, -0.1) is 0 Å². The van der Waals surface area contributed by atoms with Gasteiger partial charge in [-0.1, -0.05) is 26.8 Å². The Labute approximate surface area is 97.6 Å². The fourth-order valence-electron chi connectivity index (χ4n) is 0.947. The summed E-state index contributed by atoms with van der Waals surface area (Å²) in [4.78, 5) is 14.8. The number of rotatable bonds is 2. The fourth-order valence-corrected chi connectivity index (χ4v) is 1.96. The maximum atomic E-state index is 11.0. The van der Waals surface area contributed by atoms with Gasteiger partial charge in [0.1, 0.15) is 5.75 Å². The highest BCUT2D eigenvalue weighted by molar-refractivity contribution is 6.74. The van der Waals surface area contributed by atoms with Crippen molar-refractivity contribution >= 4 is 8.32 Å². The fraction of sp³-hybridized carbons (Fsp3) is 0.500. The lowest BCUT2D eigenvalue weighted by atomic mass is 10.2. The normalized spacial score (nSPS) is 12.3. The molecule has 1 rings (SSSR count). The molecule has 1 heterocycles. The van der Waals surface area contributed by atoms with Crippen molar-refractivity contribution in [2.45, 2.75) is 38.9 Å². The number of hydrogen-bond acceptors (Lipinski definition) is 3. The third-order valence-electron chi connectivity index (χ3n) is 3.00. The van der Waals surface area contributed by atoms with Crippen molar-refractivity contribution in [2.24, 2.45) is 0 Å². The van der Waals surface area contributed by atoms with E-state index in [1.165, 1.54) is 12.3 Å². The van der Waals surface area contributed by atoms with Crippen LogP contribution in [0.4, 0.5) is 0 Å². The van der Waals surface area contributed by atoms with Gasteiger partial charge in [0.15, 0.2) is 0 Å². The van der Waals surface area contributed by atoms with Crippen LogP contribution in [0.1, 0.15) is 20.8 Å². The van der Waals surface area contributed by atoms with Gasteiger partial charge >= 0.3 is 0 Å². The molecule has 0 aliphatic carbocycles. The SMILES string of the molecule is CC(C)(C)[Si](C)(C)Oc1cccc(=O)nc1. The molecule has 0 aliphatic heterocycles. The molecule has 0 fully saturated rings. The minimum atomic E-state index is -1.84. The van der Waals surface area contributed by atoms with Crippen LogP contribution in [-0.4, -0.2) is 13.3 Å². The lowest BCUT2D eigenvalue weighted by molar-refractivity contribution is 0.491. The van der Waals surface area contributed by atoms with Crippen LogP contribution in [0.2, 0.25) is 18.1 Å². The lowest BCUT2D eigenvalue weighted by Gasteiger charge is -2.36. The largest absolute Gasteiger partial charge is 0.542 e. The summed E-state index contributed by atoms with van der Waals surface area (Å²) in [5.74, 6) is 0.675. The van der Waals surface area contributed by atoms with E-state index in [4.69, 9.17) is 4.43 Å². The molecule has 0 radical (unpaired) electrons. The zero-order valence-corrected chi connectivity index (χ0v) is 11.6. The molecule has 0 aliphatic rings. The molecule has 0 bridgehead atoms. The van der Waals surface area contributed by atoms with Crippen molar-refractivity contribution in [3.05, 3.63) is 34.7 Å². The van der Waals surface area contributed by atoms with Gasteiger partial charge in [0.05, 0.1) is 6.20 Å². The summed E-state index contributed by atoms with van der Waals surface area (Å²) in [6, 6.07) is 4.89. The number of aromatic nitrogens is 1. The smallest absolute Gasteiger partial charge is 0.269 e. The van der Waals surface area contributed by atoms with Crippen LogP contribution < -0.4 is 9.99 Å². The molecular weight excluding hydrogens is 218 g/mol. The van der Waals surface area contributed by atoms with Crippen LogP contribution in [0.15, 0.2) is 29.2 Å². The summed E-state index contributed by atoms with van der Waals surface area (Å²) < 4.78 is 6.02. The van der Waals surface area contributed by atoms with Gasteiger partial charge in [0.25, 0.3) is 13.9 Å². The Hall–Kier alpha value is -1.16. The van der Waals surface area contributed by atoms with Crippen molar-refractivity contribution in [1.82, 2.24) is 4.98 Å². The average Bonchev–Trinajstić information content (AvgIpc) is 2.28. The predicted octanol–water partition coefficient (Wildman–Crippen LogP) is 2.83. The van der Waals surface area contributed by atoms with Crippen LogP contribution in [-0.2, 0) is 0 Å². The molecule has 0 saturated carbocycles. The van der Waals surface area contributed by atoms with Crippen LogP contribution in [0.5, 0.6) is 5.75 Å². The first-order chi connectivity index (χ1) is 7.22. The molecule has 88 valence electrons. The zero-order valence-electron chi connectivity index (χ0n) is 10.6. The van der Waals surface area contributed by atoms with E-state index in [9.17, 15) is 4.79 Å². The van der Waals surface area contributed by atoms with E-state index in [1.54, 1.807) is 12.1 Å². The van der Waals surface area contributed by atoms with E-state index in [-0.39, 0.29) is 10.6 Å². The maximum absolute atomic E-state index is 11.0. The first-order valence-electron chi connectivity index (χ1n) is 5.38. The van der Waals surface area contributed by atoms with Crippen molar-refractivity contribution in [1.29, 1.82) is 0 Å². The monoisotopic (exact) mass is 237 g/mol. The van der Waals surface area contributed by atoms with Gasteiger partial charge in [-0.05, 0) is 24.2 Å². The zero-order chi connectivity index (χ0) is 12.4. The van der Waals surface area contributed by atoms with Crippen LogP contribution >= 0.6 is 0 Å². The van der Waals surface area contributed by atoms with Gasteiger partial charge in [-0.3, -0.25) is 4.79 Å². The minimum Gasteiger partial charge on any atom is -0.542 e. The van der Waals surface area contributed by atoms with Gasteiger partial charge in [-0.2, -0.15) is 0 Å². The second-order valence-corrected chi connectivity index (χ2v) is 10.1. The summed E-state index contributed by atoms with van der Waals surface area (Å²) >= 11 is 0. The van der Waals surface area contributed by atoms with Crippen molar-refractivity contribution < 1.29 is 4.43 Å². The summed E-state index contributed by atoms with van der Waals surface area (Å²) in [6.45, 7) is 10.9. The molecule has 1 aromatic rings. The Bertz CT molecular complexity index is 424. The predicted molar refractivity (Wildman–Crippen MR) is 68.3 cm³/mol. The Morgan fingerprint density at radius 2 is 1.88 bits per heavy atom. The van der Waals surface area contributed by atoms with Gasteiger partial charge in [-0.25, -0.2) is 4.98 Å². The third-order valence-corrected chi connectivity index (χ3v) is 7.36. The molecule has 0 amide bonds. The summed E-state index contributed by atoms with van der Waals surface area (Å²) in [7, 11) is -1.84. The molecule has 0 unspecified atom stereocenters. The first kappa shape index (κ1) is 12.9. The van der Waals surface area contributed by atoms with E-state index in [0.717, 1.165) is 0 Å². The van der Waals surface area contributed by atoms with Crippen LogP contribution in [0.3, 0.4) is 0 Å². The summed E-state index contributed by atoms with van der Waals surface area (Å²) in [5, 5.41) is 0.141. The summed E-state index contributed by atoms with van der Waals surface area (Å²) in [5.41, 5.74) is -0.245. The topological polar surface area (TPSA) is 39.2 Å². The standard InChI is InChI=1S/C12H19NO2Si/c1-12(2,3)16(4,5)15-10-7-6-8-11(14)13-9-10/h6-9H,1-5H3. The second kappa shape index (κ2) is 4.37. The molecule has 0 N–H and O–H groups in total. The van der Waals surface area contributed by atoms with Gasteiger partial charge in [0.2, 0.25) is 0 Å². The molecule has 1 aromatic heterocycles. The Kier molecular flexibility index (Phi) is 3.53. The molecule has 3 nitrogen and oxygen atoms in total. The van der Waals surface area contributed by atoms with E-state index in [1.807, 2.05) is 0 Å². The minimum absolute atomic E-state index is 0.141. The molecule has 0 aromatic carbocycles. The third kappa shape index (κ3) is 3.17. The quantitative estimate of drug-likeness (QED) is 0.742. The maximum Gasteiger partial charge on any atom is 0.269 e. The highest BCUT2D eigenvalue weighted by atomic mass is 28.4. The number of nitrogens with zero attached hydrogens (tertiary/aromatic N) is 1. The van der Waals surface area contributed by atoms with E-state index < -0.39 is 8.32 Å². The number of hydrogen-bond donors (Lipinski definition) is 0. The molecule has 0 saturated heterocycles. The molecule has 0 atom stereocenters. The van der Waals surface area contributed by atoms with E-state index in [2.05, 4.69) is 38.8 Å². The van der Waals surface area contributed by atoms with Gasteiger partial charge in [0, 0.05) is 6.07 Å². The Morgan fingerprint density at radius 3 is 2.44 bits per heavy atom. The van der Waals surface area contributed by atoms with Gasteiger partial charge < -0.3 is 4.43 Å². The second-order valence-electron chi connectivity index (χ2n) is 5.39. The molecule has 16 heavy (non-hydrogen) atoms. The Balaban J connectivity index is 2.98. The Morgan fingerprint density at radius 1 is 1.25 bits per heavy atom. The highest BCUT2D eigenvalue weighted by Gasteiger charge is 2.38. The van der Waals surface area contributed by atoms with Crippen molar-refractivity contribution in [3.63, 3.8) is 0 Å². The first-order valence-corrected chi connectivity index (χ1v) is 8.29. The van der Waals surface area contributed by atoms with Crippen molar-refractivity contribution in [3.8, 4) is 5.75 Å². The molecule has 4 heteroatoms. The van der Waals surface area contributed by atoms with E-state index in [0.29, 0.717) is 5.75 Å². The van der Waals surface area contributed by atoms with Crippen molar-refractivity contribution in [2.75, 3.05) is 0 Å². The molecular formula is C12H19NO2Si. The van der Waals surface area contributed by atoms with Crippen LogP contribution in [0.25, 0.3) is 0 Å². The highest BCUT2D eigenvalue weighted by Crippen LogP contribution is 2.36. The average molecular weight is 237 g/mol.